The highest BCUT2D eigenvalue weighted by Gasteiger charge is 2.20. The Labute approximate surface area is 77.8 Å². The molecular weight excluding hydrogens is 144 g/mol. The predicted molar refractivity (Wildman–Crippen MR) is 55.8 cm³/mol. The van der Waals surface area contributed by atoms with E-state index in [2.05, 4.69) is 40.5 Å². The van der Waals surface area contributed by atoms with E-state index < -0.39 is 0 Å². The molecule has 0 aromatic heterocycles. The molecule has 0 fully saturated rings. The number of terminal acetylenes is 1. The second kappa shape index (κ2) is 5.25. The monoisotopic (exact) mass is 166 g/mol. The van der Waals surface area contributed by atoms with Crippen molar-refractivity contribution in [2.75, 3.05) is 0 Å². The van der Waals surface area contributed by atoms with Crippen LogP contribution in [-0.4, -0.2) is 0 Å². The van der Waals surface area contributed by atoms with Crippen molar-refractivity contribution in [3.63, 3.8) is 0 Å². The van der Waals surface area contributed by atoms with E-state index in [0.717, 1.165) is 24.2 Å². The van der Waals surface area contributed by atoms with Crippen LogP contribution in [-0.2, 0) is 0 Å². The van der Waals surface area contributed by atoms with Crippen LogP contribution in [0.1, 0.15) is 41.0 Å². The number of rotatable bonds is 4. The number of hydrogen-bond acceptors (Lipinski definition) is 0. The average Bonchev–Trinajstić information content (AvgIpc) is 2.02. The van der Waals surface area contributed by atoms with Crippen LogP contribution >= 0.6 is 0 Å². The Morgan fingerprint density at radius 1 is 1.00 bits per heavy atom. The molecule has 0 amide bonds. The highest BCUT2D eigenvalue weighted by atomic mass is 14.3. The molecule has 0 aliphatic rings. The molecule has 0 rings (SSSR count). The average molecular weight is 166 g/mol. The summed E-state index contributed by atoms with van der Waals surface area (Å²) in [5, 5.41) is 0. The Bertz CT molecular complexity index is 150. The third-order valence-electron chi connectivity index (χ3n) is 3.22. The Balaban J connectivity index is 4.01. The van der Waals surface area contributed by atoms with Gasteiger partial charge in [-0.2, -0.15) is 0 Å². The molecule has 0 nitrogen and oxygen atoms in total. The lowest BCUT2D eigenvalue weighted by Crippen LogP contribution is -2.20. The minimum atomic E-state index is 0.660. The van der Waals surface area contributed by atoms with Gasteiger partial charge in [0.25, 0.3) is 0 Å². The second-order valence-corrected chi connectivity index (χ2v) is 4.35. The van der Waals surface area contributed by atoms with Gasteiger partial charge in [-0.15, -0.1) is 12.3 Å². The molecule has 0 saturated carbocycles. The first kappa shape index (κ1) is 11.6. The highest BCUT2D eigenvalue weighted by Crippen LogP contribution is 2.27. The standard InChI is InChI=1S/C12H22/c1-7-8-10(4)12(6)11(5)9(2)3/h1,9-12H,8H2,2-6H3. The molecule has 0 heterocycles. The first-order chi connectivity index (χ1) is 5.50. The molecule has 0 aliphatic carbocycles. The maximum absolute atomic E-state index is 5.29. The normalized spacial score (nSPS) is 18.4. The van der Waals surface area contributed by atoms with Gasteiger partial charge in [-0.3, -0.25) is 0 Å². The summed E-state index contributed by atoms with van der Waals surface area (Å²) in [6.07, 6.45) is 6.21. The largest absolute Gasteiger partial charge is 0.120 e. The van der Waals surface area contributed by atoms with E-state index >= 15 is 0 Å². The van der Waals surface area contributed by atoms with Crippen LogP contribution < -0.4 is 0 Å². The molecule has 0 spiro atoms. The SMILES string of the molecule is C#CCC(C)C(C)C(C)C(C)C. The van der Waals surface area contributed by atoms with E-state index in [1.807, 2.05) is 0 Å². The summed E-state index contributed by atoms with van der Waals surface area (Å²) in [5.41, 5.74) is 0. The molecule has 0 saturated heterocycles. The van der Waals surface area contributed by atoms with E-state index in [-0.39, 0.29) is 0 Å². The maximum Gasteiger partial charge on any atom is 0.0114 e. The lowest BCUT2D eigenvalue weighted by Gasteiger charge is -2.27. The summed E-state index contributed by atoms with van der Waals surface area (Å²) >= 11 is 0. The van der Waals surface area contributed by atoms with E-state index in [1.165, 1.54) is 0 Å². The van der Waals surface area contributed by atoms with Crippen LogP contribution in [0.2, 0.25) is 0 Å². The van der Waals surface area contributed by atoms with Crippen molar-refractivity contribution < 1.29 is 0 Å². The second-order valence-electron chi connectivity index (χ2n) is 4.35. The lowest BCUT2D eigenvalue weighted by atomic mass is 9.78. The van der Waals surface area contributed by atoms with Gasteiger partial charge in [0.05, 0.1) is 0 Å². The quantitative estimate of drug-likeness (QED) is 0.560. The first-order valence-corrected chi connectivity index (χ1v) is 4.94. The van der Waals surface area contributed by atoms with Crippen LogP contribution in [0.5, 0.6) is 0 Å². The molecule has 0 heteroatoms. The van der Waals surface area contributed by atoms with Gasteiger partial charge < -0.3 is 0 Å². The fraction of sp³-hybridized carbons (Fsp3) is 0.833. The summed E-state index contributed by atoms with van der Waals surface area (Å²) in [4.78, 5) is 0. The van der Waals surface area contributed by atoms with Crippen LogP contribution in [0.4, 0.5) is 0 Å². The third-order valence-corrected chi connectivity index (χ3v) is 3.22. The van der Waals surface area contributed by atoms with E-state index in [9.17, 15) is 0 Å². The van der Waals surface area contributed by atoms with Crippen molar-refractivity contribution in [3.05, 3.63) is 0 Å². The van der Waals surface area contributed by atoms with Gasteiger partial charge in [0.2, 0.25) is 0 Å². The molecule has 0 aromatic carbocycles. The molecule has 0 bridgehead atoms. The van der Waals surface area contributed by atoms with Crippen LogP contribution in [0, 0.1) is 36.0 Å². The summed E-state index contributed by atoms with van der Waals surface area (Å²) in [6.45, 7) is 11.5. The molecule has 70 valence electrons. The molecule has 0 N–H and O–H groups in total. The minimum Gasteiger partial charge on any atom is -0.120 e. The van der Waals surface area contributed by atoms with Crippen molar-refractivity contribution >= 4 is 0 Å². The van der Waals surface area contributed by atoms with Gasteiger partial charge in [-0.05, 0) is 23.7 Å². The third kappa shape index (κ3) is 3.30. The van der Waals surface area contributed by atoms with Crippen molar-refractivity contribution in [2.45, 2.75) is 41.0 Å². The fourth-order valence-corrected chi connectivity index (χ4v) is 1.50. The van der Waals surface area contributed by atoms with Crippen molar-refractivity contribution in [1.82, 2.24) is 0 Å². The maximum atomic E-state index is 5.29. The Hall–Kier alpha value is -0.440. The molecule has 3 atom stereocenters. The van der Waals surface area contributed by atoms with Crippen molar-refractivity contribution in [2.24, 2.45) is 23.7 Å². The van der Waals surface area contributed by atoms with Crippen molar-refractivity contribution in [1.29, 1.82) is 0 Å². The van der Waals surface area contributed by atoms with Gasteiger partial charge in [0.1, 0.15) is 0 Å². The zero-order chi connectivity index (χ0) is 9.72. The molecule has 3 unspecified atom stereocenters. The predicted octanol–water partition coefficient (Wildman–Crippen LogP) is 3.57. The van der Waals surface area contributed by atoms with E-state index in [0.29, 0.717) is 5.92 Å². The molecule has 0 aliphatic heterocycles. The van der Waals surface area contributed by atoms with Gasteiger partial charge in [-0.1, -0.05) is 34.6 Å². The van der Waals surface area contributed by atoms with Gasteiger partial charge in [0, 0.05) is 6.42 Å². The van der Waals surface area contributed by atoms with Crippen molar-refractivity contribution in [3.8, 4) is 12.3 Å². The summed E-state index contributed by atoms with van der Waals surface area (Å²) in [7, 11) is 0. The van der Waals surface area contributed by atoms with Crippen LogP contribution in [0.15, 0.2) is 0 Å². The summed E-state index contributed by atoms with van der Waals surface area (Å²) < 4.78 is 0. The Morgan fingerprint density at radius 2 is 1.50 bits per heavy atom. The van der Waals surface area contributed by atoms with Crippen LogP contribution in [0.25, 0.3) is 0 Å². The van der Waals surface area contributed by atoms with Gasteiger partial charge in [-0.25, -0.2) is 0 Å². The topological polar surface area (TPSA) is 0 Å². The summed E-state index contributed by atoms with van der Waals surface area (Å²) in [6, 6.07) is 0. The van der Waals surface area contributed by atoms with Gasteiger partial charge >= 0.3 is 0 Å². The fourth-order valence-electron chi connectivity index (χ4n) is 1.50. The van der Waals surface area contributed by atoms with Crippen LogP contribution in [0.3, 0.4) is 0 Å². The number of hydrogen-bond donors (Lipinski definition) is 0. The molecule has 0 aromatic rings. The zero-order valence-corrected chi connectivity index (χ0v) is 9.09. The summed E-state index contributed by atoms with van der Waals surface area (Å²) in [5.74, 6) is 5.67. The molecule has 0 radical (unpaired) electrons. The molecular formula is C12H22. The zero-order valence-electron chi connectivity index (χ0n) is 9.09. The van der Waals surface area contributed by atoms with Gasteiger partial charge in [0.15, 0.2) is 0 Å². The smallest absolute Gasteiger partial charge is 0.0114 e. The lowest BCUT2D eigenvalue weighted by molar-refractivity contribution is 0.226. The first-order valence-electron chi connectivity index (χ1n) is 4.94. The molecule has 12 heavy (non-hydrogen) atoms. The highest BCUT2D eigenvalue weighted by molar-refractivity contribution is 4.87. The van der Waals surface area contributed by atoms with E-state index in [4.69, 9.17) is 6.42 Å². The Morgan fingerprint density at radius 3 is 1.83 bits per heavy atom. The minimum absolute atomic E-state index is 0.660. The Kier molecular flexibility index (Phi) is 5.06. The van der Waals surface area contributed by atoms with E-state index in [1.54, 1.807) is 0 Å².